The van der Waals surface area contributed by atoms with Gasteiger partial charge in [0.2, 0.25) is 0 Å². The van der Waals surface area contributed by atoms with E-state index in [2.05, 4.69) is 22.3 Å². The third-order valence-electron chi connectivity index (χ3n) is 2.09. The number of nitrogens with zero attached hydrogens (tertiary/aromatic N) is 1. The molecule has 0 aliphatic carbocycles. The Balaban J connectivity index is 1.86. The molecule has 1 aliphatic rings. The minimum atomic E-state index is 0.339. The van der Waals surface area contributed by atoms with Gasteiger partial charge in [-0.2, -0.15) is 0 Å². The molecule has 0 spiro atoms. The van der Waals surface area contributed by atoms with E-state index in [0.717, 1.165) is 26.2 Å². The van der Waals surface area contributed by atoms with Crippen LogP contribution in [0.1, 0.15) is 0 Å². The lowest BCUT2D eigenvalue weighted by molar-refractivity contribution is 0.0183. The zero-order valence-electron chi connectivity index (χ0n) is 7.07. The first-order valence-electron chi connectivity index (χ1n) is 4.38. The van der Waals surface area contributed by atoms with Gasteiger partial charge in [-0.3, -0.25) is 0 Å². The molecule has 2 heterocycles. The van der Waals surface area contributed by atoms with Gasteiger partial charge in [-0.25, -0.2) is 0 Å². The van der Waals surface area contributed by atoms with E-state index in [1.165, 1.54) is 0 Å². The largest absolute Gasteiger partial charge is 0.374 e. The first-order chi connectivity index (χ1) is 5.95. The number of nitrogens with one attached hydrogen (secondary N) is 1. The van der Waals surface area contributed by atoms with Gasteiger partial charge in [-0.1, -0.05) is 0 Å². The molecule has 0 bridgehead atoms. The van der Waals surface area contributed by atoms with E-state index in [9.17, 15) is 0 Å². The van der Waals surface area contributed by atoms with Gasteiger partial charge in [0.25, 0.3) is 0 Å². The van der Waals surface area contributed by atoms with E-state index in [1.54, 1.807) is 0 Å². The lowest BCUT2D eigenvalue weighted by atomic mass is 10.3. The Kier molecular flexibility index (Phi) is 2.44. The standard InChI is InChI=1S/C9H14N2O/c1-2-5-11(4-1)8-9-7-10-3-6-12-9/h1-2,4-5,9-10H,3,6-8H2. The zero-order chi connectivity index (χ0) is 8.23. The summed E-state index contributed by atoms with van der Waals surface area (Å²) in [5.74, 6) is 0. The summed E-state index contributed by atoms with van der Waals surface area (Å²) in [6, 6.07) is 4.08. The maximum absolute atomic E-state index is 5.57. The molecule has 1 N–H and O–H groups in total. The second kappa shape index (κ2) is 3.74. The van der Waals surface area contributed by atoms with Gasteiger partial charge in [-0.15, -0.1) is 0 Å². The van der Waals surface area contributed by atoms with Crippen LogP contribution in [-0.2, 0) is 11.3 Å². The van der Waals surface area contributed by atoms with Crippen molar-refractivity contribution in [3.8, 4) is 0 Å². The third kappa shape index (κ3) is 1.87. The zero-order valence-corrected chi connectivity index (χ0v) is 7.07. The smallest absolute Gasteiger partial charge is 0.0878 e. The lowest BCUT2D eigenvalue weighted by Crippen LogP contribution is -2.40. The predicted octanol–water partition coefficient (Wildman–Crippen LogP) is 0.476. The predicted molar refractivity (Wildman–Crippen MR) is 47.0 cm³/mol. The summed E-state index contributed by atoms with van der Waals surface area (Å²) in [6.45, 7) is 3.76. The number of hydrogen-bond acceptors (Lipinski definition) is 2. The molecule has 1 fully saturated rings. The second-order valence-corrected chi connectivity index (χ2v) is 3.08. The molecule has 0 aromatic carbocycles. The van der Waals surface area contributed by atoms with E-state index < -0.39 is 0 Å². The fraction of sp³-hybridized carbons (Fsp3) is 0.556. The monoisotopic (exact) mass is 166 g/mol. The Morgan fingerprint density at radius 2 is 2.25 bits per heavy atom. The van der Waals surface area contributed by atoms with Crippen molar-refractivity contribution in [2.45, 2.75) is 12.6 Å². The summed E-state index contributed by atoms with van der Waals surface area (Å²) in [5, 5.41) is 3.31. The molecular weight excluding hydrogens is 152 g/mol. The first kappa shape index (κ1) is 7.83. The van der Waals surface area contributed by atoms with E-state index in [1.807, 2.05) is 12.1 Å². The second-order valence-electron chi connectivity index (χ2n) is 3.08. The van der Waals surface area contributed by atoms with Gasteiger partial charge < -0.3 is 14.6 Å². The van der Waals surface area contributed by atoms with Crippen LogP contribution in [0.5, 0.6) is 0 Å². The molecule has 0 saturated carbocycles. The molecule has 1 aromatic rings. The maximum atomic E-state index is 5.57. The Bertz CT molecular complexity index is 214. The first-order valence-corrected chi connectivity index (χ1v) is 4.38. The number of hydrogen-bond donors (Lipinski definition) is 1. The SMILES string of the molecule is c1ccn(CC2CNCCO2)c1. The summed E-state index contributed by atoms with van der Waals surface area (Å²) in [5.41, 5.74) is 0. The fourth-order valence-electron chi connectivity index (χ4n) is 1.46. The summed E-state index contributed by atoms with van der Waals surface area (Å²) >= 11 is 0. The summed E-state index contributed by atoms with van der Waals surface area (Å²) in [6.07, 6.45) is 4.47. The van der Waals surface area contributed by atoms with Crippen molar-refractivity contribution in [3.05, 3.63) is 24.5 Å². The molecule has 3 nitrogen and oxygen atoms in total. The Labute approximate surface area is 72.3 Å². The number of ether oxygens (including phenoxy) is 1. The molecule has 2 rings (SSSR count). The van der Waals surface area contributed by atoms with Gasteiger partial charge in [0.1, 0.15) is 0 Å². The third-order valence-corrected chi connectivity index (χ3v) is 2.09. The highest BCUT2D eigenvalue weighted by atomic mass is 16.5. The normalized spacial score (nSPS) is 24.2. The van der Waals surface area contributed by atoms with Gasteiger partial charge >= 0.3 is 0 Å². The van der Waals surface area contributed by atoms with Crippen LogP contribution in [0.3, 0.4) is 0 Å². The quantitative estimate of drug-likeness (QED) is 0.691. The minimum absolute atomic E-state index is 0.339. The molecule has 1 aliphatic heterocycles. The summed E-state index contributed by atoms with van der Waals surface area (Å²) < 4.78 is 7.72. The van der Waals surface area contributed by atoms with Crippen molar-refractivity contribution >= 4 is 0 Å². The molecule has 0 amide bonds. The number of rotatable bonds is 2. The highest BCUT2D eigenvalue weighted by molar-refractivity contribution is 4.91. The number of aromatic nitrogens is 1. The van der Waals surface area contributed by atoms with Crippen molar-refractivity contribution in [3.63, 3.8) is 0 Å². The van der Waals surface area contributed by atoms with Gasteiger partial charge in [0.05, 0.1) is 12.7 Å². The number of morpholine rings is 1. The molecule has 0 radical (unpaired) electrons. The molecule has 66 valence electrons. The van der Waals surface area contributed by atoms with Crippen molar-refractivity contribution in [1.29, 1.82) is 0 Å². The highest BCUT2D eigenvalue weighted by Gasteiger charge is 2.12. The molecule has 1 saturated heterocycles. The van der Waals surface area contributed by atoms with Crippen LogP contribution in [0.15, 0.2) is 24.5 Å². The Hall–Kier alpha value is -0.800. The molecule has 12 heavy (non-hydrogen) atoms. The Morgan fingerprint density at radius 3 is 2.92 bits per heavy atom. The van der Waals surface area contributed by atoms with Crippen LogP contribution in [0.25, 0.3) is 0 Å². The van der Waals surface area contributed by atoms with Crippen molar-refractivity contribution in [2.75, 3.05) is 19.7 Å². The lowest BCUT2D eigenvalue weighted by Gasteiger charge is -2.23. The summed E-state index contributed by atoms with van der Waals surface area (Å²) in [7, 11) is 0. The van der Waals surface area contributed by atoms with Gasteiger partial charge in [-0.05, 0) is 12.1 Å². The molecule has 1 atom stereocenters. The Morgan fingerprint density at radius 1 is 1.42 bits per heavy atom. The highest BCUT2D eigenvalue weighted by Crippen LogP contribution is 2.00. The minimum Gasteiger partial charge on any atom is -0.374 e. The van der Waals surface area contributed by atoms with Crippen LogP contribution in [0, 0.1) is 0 Å². The van der Waals surface area contributed by atoms with Gasteiger partial charge in [0, 0.05) is 32.0 Å². The van der Waals surface area contributed by atoms with Crippen molar-refractivity contribution in [1.82, 2.24) is 9.88 Å². The molecule has 1 unspecified atom stereocenters. The molecule has 1 aromatic heterocycles. The van der Waals surface area contributed by atoms with Crippen LogP contribution < -0.4 is 5.32 Å². The van der Waals surface area contributed by atoms with E-state index in [-0.39, 0.29) is 0 Å². The fourth-order valence-corrected chi connectivity index (χ4v) is 1.46. The van der Waals surface area contributed by atoms with Crippen molar-refractivity contribution in [2.24, 2.45) is 0 Å². The van der Waals surface area contributed by atoms with Crippen molar-refractivity contribution < 1.29 is 4.74 Å². The van der Waals surface area contributed by atoms with E-state index in [0.29, 0.717) is 6.10 Å². The van der Waals surface area contributed by atoms with Crippen LogP contribution in [0.4, 0.5) is 0 Å². The van der Waals surface area contributed by atoms with Crippen LogP contribution in [0.2, 0.25) is 0 Å². The van der Waals surface area contributed by atoms with E-state index in [4.69, 9.17) is 4.74 Å². The maximum Gasteiger partial charge on any atom is 0.0878 e. The summed E-state index contributed by atoms with van der Waals surface area (Å²) in [4.78, 5) is 0. The van der Waals surface area contributed by atoms with Gasteiger partial charge in [0.15, 0.2) is 0 Å². The molecule has 3 heteroatoms. The van der Waals surface area contributed by atoms with Crippen LogP contribution in [-0.4, -0.2) is 30.4 Å². The molecular formula is C9H14N2O. The van der Waals surface area contributed by atoms with E-state index >= 15 is 0 Å². The topological polar surface area (TPSA) is 26.2 Å². The average molecular weight is 166 g/mol. The average Bonchev–Trinajstić information content (AvgIpc) is 2.59. The van der Waals surface area contributed by atoms with Crippen LogP contribution >= 0.6 is 0 Å².